The number of hydrogen-bond acceptors (Lipinski definition) is 5. The zero-order valence-corrected chi connectivity index (χ0v) is 20.7. The molecule has 0 radical (unpaired) electrons. The third-order valence-electron chi connectivity index (χ3n) is 5.59. The highest BCUT2D eigenvalue weighted by Gasteiger charge is 2.41. The van der Waals surface area contributed by atoms with Crippen molar-refractivity contribution < 1.29 is 14.3 Å². The molecule has 0 bridgehead atoms. The van der Waals surface area contributed by atoms with Gasteiger partial charge in [-0.1, -0.05) is 59.8 Å². The van der Waals surface area contributed by atoms with Gasteiger partial charge in [-0.25, -0.2) is 0 Å². The van der Waals surface area contributed by atoms with Gasteiger partial charge in [0.2, 0.25) is 5.91 Å². The van der Waals surface area contributed by atoms with Crippen molar-refractivity contribution in [1.29, 1.82) is 5.26 Å². The van der Waals surface area contributed by atoms with Crippen LogP contribution in [-0.4, -0.2) is 24.2 Å². The molecule has 176 valence electrons. The fourth-order valence-corrected chi connectivity index (χ4v) is 5.22. The lowest BCUT2D eigenvalue weighted by molar-refractivity contribution is -0.117. The van der Waals surface area contributed by atoms with Gasteiger partial charge in [0.05, 0.1) is 12.4 Å². The summed E-state index contributed by atoms with van der Waals surface area (Å²) in [6.45, 7) is 1.87. The maximum atomic E-state index is 13.6. The van der Waals surface area contributed by atoms with Crippen molar-refractivity contribution in [2.75, 3.05) is 17.3 Å². The standard InChI is InChI=1S/C27H22ClN3O3S/c1-17-7-3-6-10-23(17)30-25(32)21(16-29)27-31(19-11-13-20(34-2)14-12-19)26(33)24(35-27)15-18-8-4-5-9-22(18)28/h3-14,24H,15H2,1-2H3,(H,30,32)/b27-21-. The first kappa shape index (κ1) is 24.4. The number of halogens is 1. The molecule has 0 aliphatic carbocycles. The number of nitrogens with one attached hydrogen (secondary N) is 1. The lowest BCUT2D eigenvalue weighted by Crippen LogP contribution is -2.31. The van der Waals surface area contributed by atoms with Crippen molar-refractivity contribution in [3.8, 4) is 11.8 Å². The summed E-state index contributed by atoms with van der Waals surface area (Å²) in [6.07, 6.45) is 0.359. The average molecular weight is 504 g/mol. The van der Waals surface area contributed by atoms with Gasteiger partial charge in [0.15, 0.2) is 0 Å². The summed E-state index contributed by atoms with van der Waals surface area (Å²) in [5.74, 6) is -0.176. The van der Waals surface area contributed by atoms with Gasteiger partial charge in [0, 0.05) is 16.4 Å². The van der Waals surface area contributed by atoms with Gasteiger partial charge >= 0.3 is 0 Å². The molecule has 1 atom stereocenters. The Hall–Kier alpha value is -3.73. The number of hydrogen-bond donors (Lipinski definition) is 1. The third kappa shape index (κ3) is 5.19. The molecule has 35 heavy (non-hydrogen) atoms. The molecule has 3 aromatic carbocycles. The van der Waals surface area contributed by atoms with Crippen LogP contribution in [0.1, 0.15) is 11.1 Å². The Kier molecular flexibility index (Phi) is 7.45. The highest BCUT2D eigenvalue weighted by molar-refractivity contribution is 8.05. The largest absolute Gasteiger partial charge is 0.497 e. The number of nitriles is 1. The van der Waals surface area contributed by atoms with Crippen molar-refractivity contribution >= 4 is 46.6 Å². The number of para-hydroxylation sites is 1. The molecule has 0 spiro atoms. The number of ether oxygens (including phenoxy) is 1. The Morgan fingerprint density at radius 1 is 1.11 bits per heavy atom. The molecule has 1 heterocycles. The van der Waals surface area contributed by atoms with Gasteiger partial charge in [-0.2, -0.15) is 5.26 Å². The van der Waals surface area contributed by atoms with Gasteiger partial charge in [-0.15, -0.1) is 0 Å². The second kappa shape index (κ2) is 10.7. The van der Waals surface area contributed by atoms with Crippen LogP contribution in [0.4, 0.5) is 11.4 Å². The molecule has 4 rings (SSSR count). The molecule has 1 aliphatic rings. The smallest absolute Gasteiger partial charge is 0.269 e. The third-order valence-corrected chi connectivity index (χ3v) is 7.22. The maximum absolute atomic E-state index is 13.6. The highest BCUT2D eigenvalue weighted by atomic mass is 35.5. The van der Waals surface area contributed by atoms with Crippen molar-refractivity contribution in [2.24, 2.45) is 0 Å². The van der Waals surface area contributed by atoms with Gasteiger partial charge in [0.1, 0.15) is 22.4 Å². The van der Waals surface area contributed by atoms with E-state index in [1.807, 2.05) is 43.3 Å². The van der Waals surface area contributed by atoms with E-state index in [9.17, 15) is 14.9 Å². The predicted molar refractivity (Wildman–Crippen MR) is 139 cm³/mol. The number of benzene rings is 3. The van der Waals surface area contributed by atoms with Crippen molar-refractivity contribution in [3.05, 3.63) is 99.5 Å². The van der Waals surface area contributed by atoms with Gasteiger partial charge in [0.25, 0.3) is 5.91 Å². The highest BCUT2D eigenvalue weighted by Crippen LogP contribution is 2.42. The molecule has 8 heteroatoms. The molecule has 0 saturated carbocycles. The van der Waals surface area contributed by atoms with E-state index in [4.69, 9.17) is 16.3 Å². The monoisotopic (exact) mass is 503 g/mol. The van der Waals surface area contributed by atoms with Gasteiger partial charge in [-0.05, 0) is 60.9 Å². The molecule has 0 aromatic heterocycles. The molecule has 1 N–H and O–H groups in total. The minimum absolute atomic E-state index is 0.135. The predicted octanol–water partition coefficient (Wildman–Crippen LogP) is 5.72. The van der Waals surface area contributed by atoms with E-state index in [0.717, 1.165) is 11.1 Å². The average Bonchev–Trinajstić information content (AvgIpc) is 3.18. The summed E-state index contributed by atoms with van der Waals surface area (Å²) in [5, 5.41) is 13.1. The van der Waals surface area contributed by atoms with E-state index in [1.165, 1.54) is 16.7 Å². The van der Waals surface area contributed by atoms with E-state index < -0.39 is 11.2 Å². The van der Waals surface area contributed by atoms with E-state index in [-0.39, 0.29) is 16.5 Å². The summed E-state index contributed by atoms with van der Waals surface area (Å²) in [7, 11) is 1.56. The zero-order chi connectivity index (χ0) is 24.9. The molecular weight excluding hydrogens is 482 g/mol. The Balaban J connectivity index is 1.75. The van der Waals surface area contributed by atoms with Crippen LogP contribution in [0.2, 0.25) is 5.02 Å². The maximum Gasteiger partial charge on any atom is 0.269 e. The van der Waals surface area contributed by atoms with Crippen molar-refractivity contribution in [3.63, 3.8) is 0 Å². The fraction of sp³-hybridized carbons (Fsp3) is 0.148. The van der Waals surface area contributed by atoms with E-state index in [1.54, 1.807) is 49.6 Å². The molecule has 1 fully saturated rings. The Morgan fingerprint density at radius 3 is 2.46 bits per heavy atom. The first-order valence-corrected chi connectivity index (χ1v) is 12.1. The van der Waals surface area contributed by atoms with Crippen LogP contribution >= 0.6 is 23.4 Å². The lowest BCUT2D eigenvalue weighted by Gasteiger charge is -2.19. The van der Waals surface area contributed by atoms with Crippen LogP contribution in [0, 0.1) is 18.3 Å². The zero-order valence-electron chi connectivity index (χ0n) is 19.1. The normalized spacial score (nSPS) is 16.6. The second-order valence-electron chi connectivity index (χ2n) is 7.83. The molecule has 6 nitrogen and oxygen atoms in total. The Bertz CT molecular complexity index is 1350. The van der Waals surface area contributed by atoms with Crippen LogP contribution < -0.4 is 15.0 Å². The number of carbonyl (C=O) groups excluding carboxylic acids is 2. The fourth-order valence-electron chi connectivity index (χ4n) is 3.71. The van der Waals surface area contributed by atoms with E-state index >= 15 is 0 Å². The van der Waals surface area contributed by atoms with Crippen LogP contribution in [0.15, 0.2) is 83.4 Å². The lowest BCUT2D eigenvalue weighted by atomic mass is 10.1. The molecular formula is C27H22ClN3O3S. The minimum atomic E-state index is -0.575. The number of rotatable bonds is 6. The number of carbonyl (C=O) groups is 2. The summed E-state index contributed by atoms with van der Waals surface area (Å²) in [6, 6.07) is 23.6. The number of methoxy groups -OCH3 is 1. The minimum Gasteiger partial charge on any atom is -0.497 e. The number of amides is 2. The van der Waals surface area contributed by atoms with Gasteiger partial charge < -0.3 is 10.1 Å². The molecule has 3 aromatic rings. The van der Waals surface area contributed by atoms with Crippen LogP contribution in [0.3, 0.4) is 0 Å². The topological polar surface area (TPSA) is 82.4 Å². The number of aryl methyl sites for hydroxylation is 1. The summed E-state index contributed by atoms with van der Waals surface area (Å²) < 4.78 is 5.23. The number of thioether (sulfide) groups is 1. The van der Waals surface area contributed by atoms with E-state index in [2.05, 4.69) is 5.32 Å². The van der Waals surface area contributed by atoms with Crippen LogP contribution in [-0.2, 0) is 16.0 Å². The number of nitrogens with zero attached hydrogens (tertiary/aromatic N) is 2. The Labute approximate surface area is 213 Å². The molecule has 1 saturated heterocycles. The summed E-state index contributed by atoms with van der Waals surface area (Å²) in [4.78, 5) is 28.2. The number of anilines is 2. The van der Waals surface area contributed by atoms with Crippen LogP contribution in [0.5, 0.6) is 5.75 Å². The van der Waals surface area contributed by atoms with E-state index in [0.29, 0.717) is 28.6 Å². The summed E-state index contributed by atoms with van der Waals surface area (Å²) in [5.41, 5.74) is 2.69. The Morgan fingerprint density at radius 2 is 1.80 bits per heavy atom. The quantitative estimate of drug-likeness (QED) is 0.343. The summed E-state index contributed by atoms with van der Waals surface area (Å²) >= 11 is 7.54. The van der Waals surface area contributed by atoms with Crippen molar-refractivity contribution in [2.45, 2.75) is 18.6 Å². The van der Waals surface area contributed by atoms with Gasteiger partial charge in [-0.3, -0.25) is 14.5 Å². The first-order chi connectivity index (χ1) is 16.9. The molecule has 2 amide bonds. The molecule has 1 aliphatic heterocycles. The van der Waals surface area contributed by atoms with Crippen molar-refractivity contribution in [1.82, 2.24) is 0 Å². The first-order valence-electron chi connectivity index (χ1n) is 10.8. The SMILES string of the molecule is COc1ccc(N2C(=O)C(Cc3ccccc3Cl)S/C2=C(/C#N)C(=O)Nc2ccccc2C)cc1. The van der Waals surface area contributed by atoms with Crippen LogP contribution in [0.25, 0.3) is 0 Å². The second-order valence-corrected chi connectivity index (χ2v) is 9.43. The molecule has 1 unspecified atom stereocenters.